The minimum absolute atomic E-state index is 0.0167. The molecule has 2 N–H and O–H groups in total. The van der Waals surface area contributed by atoms with E-state index in [1.54, 1.807) is 18.2 Å². The van der Waals surface area contributed by atoms with Crippen LogP contribution in [0.15, 0.2) is 18.2 Å². The highest BCUT2D eigenvalue weighted by atomic mass is 16.5. The van der Waals surface area contributed by atoms with E-state index in [1.807, 2.05) is 6.92 Å². The molecule has 0 unspecified atom stereocenters. The SMILES string of the molecule is C[C@H](NC(=O)c1ccc2n[nH]nc2c1)[C@H]1CCCO1. The predicted molar refractivity (Wildman–Crippen MR) is 69.8 cm³/mol. The summed E-state index contributed by atoms with van der Waals surface area (Å²) < 4.78 is 5.57. The number of aromatic amines is 1. The third kappa shape index (κ3) is 2.44. The van der Waals surface area contributed by atoms with Gasteiger partial charge in [0.25, 0.3) is 5.91 Å². The molecule has 100 valence electrons. The van der Waals surface area contributed by atoms with Crippen molar-refractivity contribution in [2.45, 2.75) is 31.9 Å². The lowest BCUT2D eigenvalue weighted by molar-refractivity contribution is 0.0712. The molecule has 0 saturated carbocycles. The second kappa shape index (κ2) is 4.97. The van der Waals surface area contributed by atoms with Crippen molar-refractivity contribution in [2.75, 3.05) is 6.61 Å². The molecule has 3 rings (SSSR count). The zero-order valence-electron chi connectivity index (χ0n) is 10.7. The standard InChI is InChI=1S/C13H16N4O2/c1-8(12-3-2-6-19-12)14-13(18)9-4-5-10-11(7-9)16-17-15-10/h4-5,7-8,12H,2-3,6H2,1H3,(H,14,18)(H,15,16,17)/t8-,12+/m0/s1. The van der Waals surface area contributed by atoms with Crippen molar-refractivity contribution in [2.24, 2.45) is 0 Å². The second-order valence-electron chi connectivity index (χ2n) is 4.84. The molecule has 0 spiro atoms. The fourth-order valence-corrected chi connectivity index (χ4v) is 2.36. The highest BCUT2D eigenvalue weighted by molar-refractivity contribution is 5.97. The Morgan fingerprint density at radius 3 is 3.11 bits per heavy atom. The molecule has 2 atom stereocenters. The topological polar surface area (TPSA) is 79.9 Å². The molecule has 19 heavy (non-hydrogen) atoms. The van der Waals surface area contributed by atoms with E-state index < -0.39 is 0 Å². The number of nitrogens with zero attached hydrogens (tertiary/aromatic N) is 2. The van der Waals surface area contributed by atoms with Crippen LogP contribution in [-0.4, -0.2) is 40.1 Å². The van der Waals surface area contributed by atoms with Crippen LogP contribution in [-0.2, 0) is 4.74 Å². The van der Waals surface area contributed by atoms with E-state index >= 15 is 0 Å². The number of amides is 1. The largest absolute Gasteiger partial charge is 0.376 e. The molecular formula is C13H16N4O2. The maximum absolute atomic E-state index is 12.2. The number of nitrogens with one attached hydrogen (secondary N) is 2. The summed E-state index contributed by atoms with van der Waals surface area (Å²) in [6, 6.07) is 5.28. The normalized spacial score (nSPS) is 20.6. The van der Waals surface area contributed by atoms with E-state index in [4.69, 9.17) is 4.74 Å². The van der Waals surface area contributed by atoms with Gasteiger partial charge in [0.1, 0.15) is 11.0 Å². The first-order valence-corrected chi connectivity index (χ1v) is 6.47. The number of carbonyl (C=O) groups excluding carboxylic acids is 1. The van der Waals surface area contributed by atoms with Crippen LogP contribution in [0.4, 0.5) is 0 Å². The highest BCUT2D eigenvalue weighted by Gasteiger charge is 2.24. The smallest absolute Gasteiger partial charge is 0.251 e. The maximum atomic E-state index is 12.2. The average Bonchev–Trinajstić information content (AvgIpc) is 3.09. The Bertz CT molecular complexity index is 589. The first-order chi connectivity index (χ1) is 9.24. The Hall–Kier alpha value is -1.95. The van der Waals surface area contributed by atoms with Crippen LogP contribution in [0.1, 0.15) is 30.1 Å². The van der Waals surface area contributed by atoms with Gasteiger partial charge in [-0.3, -0.25) is 4.79 Å². The Balaban J connectivity index is 1.71. The average molecular weight is 260 g/mol. The summed E-state index contributed by atoms with van der Waals surface area (Å²) in [6.45, 7) is 2.76. The minimum atomic E-state index is -0.104. The highest BCUT2D eigenvalue weighted by Crippen LogP contribution is 2.16. The summed E-state index contributed by atoms with van der Waals surface area (Å²) in [5.74, 6) is -0.104. The molecule has 2 aromatic rings. The molecule has 1 aromatic heterocycles. The van der Waals surface area contributed by atoms with Crippen molar-refractivity contribution < 1.29 is 9.53 Å². The number of benzene rings is 1. The van der Waals surface area contributed by atoms with Crippen molar-refractivity contribution in [3.05, 3.63) is 23.8 Å². The third-order valence-corrected chi connectivity index (χ3v) is 3.46. The Morgan fingerprint density at radius 1 is 1.47 bits per heavy atom. The maximum Gasteiger partial charge on any atom is 0.251 e. The third-order valence-electron chi connectivity index (χ3n) is 3.46. The van der Waals surface area contributed by atoms with E-state index in [-0.39, 0.29) is 18.1 Å². The lowest BCUT2D eigenvalue weighted by atomic mass is 10.1. The Morgan fingerprint density at radius 2 is 2.32 bits per heavy atom. The lowest BCUT2D eigenvalue weighted by Crippen LogP contribution is -2.40. The fourth-order valence-electron chi connectivity index (χ4n) is 2.36. The predicted octanol–water partition coefficient (Wildman–Crippen LogP) is 1.26. The first-order valence-electron chi connectivity index (χ1n) is 6.47. The van der Waals surface area contributed by atoms with Crippen LogP contribution in [0.25, 0.3) is 11.0 Å². The molecule has 6 heteroatoms. The number of hydrogen-bond acceptors (Lipinski definition) is 4. The number of carbonyl (C=O) groups is 1. The van der Waals surface area contributed by atoms with Gasteiger partial charge in [-0.05, 0) is 38.0 Å². The van der Waals surface area contributed by atoms with Gasteiger partial charge < -0.3 is 10.1 Å². The second-order valence-corrected chi connectivity index (χ2v) is 4.84. The van der Waals surface area contributed by atoms with Crippen LogP contribution in [0.2, 0.25) is 0 Å². The molecule has 0 radical (unpaired) electrons. The number of rotatable bonds is 3. The summed E-state index contributed by atoms with van der Waals surface area (Å²) in [4.78, 5) is 12.2. The van der Waals surface area contributed by atoms with E-state index in [0.717, 1.165) is 25.0 Å². The Labute approximate surface area is 110 Å². The molecule has 0 aliphatic carbocycles. The van der Waals surface area contributed by atoms with Gasteiger partial charge in [0.05, 0.1) is 12.1 Å². The molecular weight excluding hydrogens is 244 g/mol. The number of aromatic nitrogens is 3. The summed E-state index contributed by atoms with van der Waals surface area (Å²) in [6.07, 6.45) is 2.19. The van der Waals surface area contributed by atoms with Gasteiger partial charge in [-0.1, -0.05) is 0 Å². The van der Waals surface area contributed by atoms with Crippen LogP contribution in [0, 0.1) is 0 Å². The van der Waals surface area contributed by atoms with E-state index in [9.17, 15) is 4.79 Å². The van der Waals surface area contributed by atoms with Crippen LogP contribution >= 0.6 is 0 Å². The fraction of sp³-hybridized carbons (Fsp3) is 0.462. The van der Waals surface area contributed by atoms with Crippen molar-refractivity contribution in [3.63, 3.8) is 0 Å². The van der Waals surface area contributed by atoms with Crippen molar-refractivity contribution in [1.29, 1.82) is 0 Å². The van der Waals surface area contributed by atoms with Crippen LogP contribution in [0.5, 0.6) is 0 Å². The number of H-pyrrole nitrogens is 1. The van der Waals surface area contributed by atoms with Crippen LogP contribution < -0.4 is 5.32 Å². The lowest BCUT2D eigenvalue weighted by Gasteiger charge is -2.19. The monoisotopic (exact) mass is 260 g/mol. The molecule has 1 saturated heterocycles. The van der Waals surface area contributed by atoms with Gasteiger partial charge in [0.15, 0.2) is 0 Å². The summed E-state index contributed by atoms with van der Waals surface area (Å²) in [5, 5.41) is 13.4. The van der Waals surface area contributed by atoms with Crippen molar-refractivity contribution in [3.8, 4) is 0 Å². The van der Waals surface area contributed by atoms with E-state index in [0.29, 0.717) is 11.1 Å². The summed E-state index contributed by atoms with van der Waals surface area (Å²) in [5.41, 5.74) is 2.03. The van der Waals surface area contributed by atoms with Gasteiger partial charge in [-0.25, -0.2) is 0 Å². The number of ether oxygens (including phenoxy) is 1. The van der Waals surface area contributed by atoms with Crippen molar-refractivity contribution in [1.82, 2.24) is 20.7 Å². The molecule has 1 aromatic carbocycles. The molecule has 0 bridgehead atoms. The van der Waals surface area contributed by atoms with Gasteiger partial charge in [-0.15, -0.1) is 0 Å². The van der Waals surface area contributed by atoms with Gasteiger partial charge in [-0.2, -0.15) is 15.4 Å². The molecule has 2 heterocycles. The summed E-state index contributed by atoms with van der Waals surface area (Å²) in [7, 11) is 0. The number of fused-ring (bicyclic) bond motifs is 1. The van der Waals surface area contributed by atoms with E-state index in [1.165, 1.54) is 0 Å². The summed E-state index contributed by atoms with van der Waals surface area (Å²) >= 11 is 0. The quantitative estimate of drug-likeness (QED) is 0.870. The Kier molecular flexibility index (Phi) is 3.16. The van der Waals surface area contributed by atoms with Gasteiger partial charge in [0.2, 0.25) is 0 Å². The minimum Gasteiger partial charge on any atom is -0.376 e. The number of hydrogen-bond donors (Lipinski definition) is 2. The zero-order chi connectivity index (χ0) is 13.2. The molecule has 1 amide bonds. The molecule has 1 fully saturated rings. The molecule has 1 aliphatic rings. The first kappa shape index (κ1) is 12.1. The van der Waals surface area contributed by atoms with Crippen LogP contribution in [0.3, 0.4) is 0 Å². The zero-order valence-corrected chi connectivity index (χ0v) is 10.7. The molecule has 1 aliphatic heterocycles. The van der Waals surface area contributed by atoms with E-state index in [2.05, 4.69) is 20.7 Å². The van der Waals surface area contributed by atoms with Gasteiger partial charge >= 0.3 is 0 Å². The molecule has 6 nitrogen and oxygen atoms in total. The van der Waals surface area contributed by atoms with Crippen molar-refractivity contribution >= 4 is 16.9 Å². The van der Waals surface area contributed by atoms with Gasteiger partial charge in [0, 0.05) is 12.2 Å².